The fourth-order valence-corrected chi connectivity index (χ4v) is 2.10. The van der Waals surface area contributed by atoms with Crippen molar-refractivity contribution in [1.29, 1.82) is 0 Å². The molecule has 0 N–H and O–H groups in total. The van der Waals surface area contributed by atoms with E-state index in [4.69, 9.17) is 14.2 Å². The lowest BCUT2D eigenvalue weighted by Gasteiger charge is -2.08. The summed E-state index contributed by atoms with van der Waals surface area (Å²) < 4.78 is 19.9. The molecule has 2 aromatic rings. The molecule has 7 heteroatoms. The Bertz CT molecular complexity index is 755. The summed E-state index contributed by atoms with van der Waals surface area (Å²) in [7, 11) is 2.51. The van der Waals surface area contributed by atoms with Gasteiger partial charge in [-0.05, 0) is 12.1 Å². The third kappa shape index (κ3) is 2.12. The third-order valence-electron chi connectivity index (χ3n) is 3.10. The molecule has 2 heterocycles. The maximum Gasteiger partial charge on any atom is 0.356 e. The number of aromatic nitrogens is 1. The molecule has 0 unspecified atom stereocenters. The Morgan fingerprint density at radius 1 is 1.05 bits per heavy atom. The topological polar surface area (TPSA) is 84.0 Å². The van der Waals surface area contributed by atoms with E-state index in [-0.39, 0.29) is 18.1 Å². The first-order chi connectivity index (χ1) is 10.1. The van der Waals surface area contributed by atoms with Gasteiger partial charge in [0.2, 0.25) is 6.79 Å². The molecule has 0 fully saturated rings. The number of carbonyl (C=O) groups excluding carboxylic acids is 2. The van der Waals surface area contributed by atoms with Crippen molar-refractivity contribution in [2.24, 2.45) is 0 Å². The summed E-state index contributed by atoms with van der Waals surface area (Å²) in [6.45, 7) is 0.100. The molecule has 0 radical (unpaired) electrons. The molecule has 0 amide bonds. The van der Waals surface area contributed by atoms with E-state index in [1.165, 1.54) is 20.3 Å². The molecule has 0 saturated carbocycles. The molecule has 108 valence electrons. The lowest BCUT2D eigenvalue weighted by molar-refractivity contribution is 0.0594. The zero-order valence-corrected chi connectivity index (χ0v) is 11.3. The van der Waals surface area contributed by atoms with Gasteiger partial charge in [-0.1, -0.05) is 0 Å². The van der Waals surface area contributed by atoms with E-state index in [1.54, 1.807) is 12.1 Å². The number of fused-ring (bicyclic) bond motifs is 2. The predicted molar refractivity (Wildman–Crippen MR) is 70.5 cm³/mol. The Balaban J connectivity index is 2.29. The van der Waals surface area contributed by atoms with Gasteiger partial charge in [-0.15, -0.1) is 0 Å². The van der Waals surface area contributed by atoms with Gasteiger partial charge in [0.1, 0.15) is 5.69 Å². The van der Waals surface area contributed by atoms with Crippen LogP contribution in [0.4, 0.5) is 0 Å². The van der Waals surface area contributed by atoms with Gasteiger partial charge in [0.25, 0.3) is 0 Å². The molecule has 1 aliphatic heterocycles. The molecule has 1 aliphatic rings. The molecule has 7 nitrogen and oxygen atoms in total. The fourth-order valence-electron chi connectivity index (χ4n) is 2.10. The first-order valence-corrected chi connectivity index (χ1v) is 6.05. The molecule has 0 saturated heterocycles. The normalized spacial score (nSPS) is 12.3. The van der Waals surface area contributed by atoms with Crippen LogP contribution in [0, 0.1) is 0 Å². The van der Waals surface area contributed by atoms with Gasteiger partial charge < -0.3 is 18.9 Å². The van der Waals surface area contributed by atoms with Crippen LogP contribution in [0.3, 0.4) is 0 Å². The van der Waals surface area contributed by atoms with Crippen molar-refractivity contribution >= 4 is 22.8 Å². The monoisotopic (exact) mass is 289 g/mol. The van der Waals surface area contributed by atoms with Gasteiger partial charge in [-0.2, -0.15) is 0 Å². The minimum Gasteiger partial charge on any atom is -0.465 e. The van der Waals surface area contributed by atoms with E-state index < -0.39 is 11.9 Å². The zero-order valence-electron chi connectivity index (χ0n) is 11.3. The molecule has 0 spiro atoms. The highest BCUT2D eigenvalue weighted by Gasteiger charge is 2.22. The molecule has 0 bridgehead atoms. The number of carbonyl (C=O) groups is 2. The minimum absolute atomic E-state index is 0.0178. The van der Waals surface area contributed by atoms with Crippen molar-refractivity contribution in [2.45, 2.75) is 0 Å². The maximum absolute atomic E-state index is 11.9. The summed E-state index contributed by atoms with van der Waals surface area (Å²) in [5, 5.41) is 0.513. The number of methoxy groups -OCH3 is 2. The number of esters is 2. The second-order valence-corrected chi connectivity index (χ2v) is 4.26. The molecular weight excluding hydrogens is 278 g/mol. The average molecular weight is 289 g/mol. The van der Waals surface area contributed by atoms with E-state index in [0.717, 1.165) is 0 Å². The number of rotatable bonds is 2. The van der Waals surface area contributed by atoms with Crippen LogP contribution in [0.25, 0.3) is 10.9 Å². The van der Waals surface area contributed by atoms with Crippen LogP contribution < -0.4 is 9.47 Å². The van der Waals surface area contributed by atoms with Crippen LogP contribution in [0.15, 0.2) is 18.2 Å². The lowest BCUT2D eigenvalue weighted by atomic mass is 10.1. The van der Waals surface area contributed by atoms with Gasteiger partial charge in [-0.3, -0.25) is 0 Å². The fraction of sp³-hybridized carbons (Fsp3) is 0.214. The number of benzene rings is 1. The average Bonchev–Trinajstić information content (AvgIpc) is 2.97. The van der Waals surface area contributed by atoms with Crippen LogP contribution in [0.5, 0.6) is 11.5 Å². The van der Waals surface area contributed by atoms with Crippen LogP contribution >= 0.6 is 0 Å². The third-order valence-corrected chi connectivity index (χ3v) is 3.10. The number of ether oxygens (including phenoxy) is 4. The Kier molecular flexibility index (Phi) is 3.09. The molecule has 0 atom stereocenters. The van der Waals surface area contributed by atoms with Crippen molar-refractivity contribution in [3.8, 4) is 11.5 Å². The van der Waals surface area contributed by atoms with Crippen molar-refractivity contribution < 1.29 is 28.5 Å². The van der Waals surface area contributed by atoms with Gasteiger partial charge >= 0.3 is 11.9 Å². The Morgan fingerprint density at radius 3 is 2.38 bits per heavy atom. The largest absolute Gasteiger partial charge is 0.465 e. The van der Waals surface area contributed by atoms with Crippen molar-refractivity contribution in [3.05, 3.63) is 29.5 Å². The quantitative estimate of drug-likeness (QED) is 0.775. The van der Waals surface area contributed by atoms with Crippen molar-refractivity contribution in [3.63, 3.8) is 0 Å². The summed E-state index contributed by atoms with van der Waals surface area (Å²) in [5.74, 6) is -0.195. The second kappa shape index (κ2) is 4.93. The lowest BCUT2D eigenvalue weighted by Crippen LogP contribution is -2.09. The highest BCUT2D eigenvalue weighted by atomic mass is 16.7. The smallest absolute Gasteiger partial charge is 0.356 e. The molecule has 3 rings (SSSR count). The summed E-state index contributed by atoms with van der Waals surface area (Å²) >= 11 is 0. The van der Waals surface area contributed by atoms with Crippen LogP contribution in [0.2, 0.25) is 0 Å². The standard InChI is InChI=1S/C14H11NO6/c1-18-13(16)8-3-10(14(17)19-2)15-9-5-12-11(4-7(8)9)20-6-21-12/h3-5H,6H2,1-2H3. The molecular formula is C14H11NO6. The van der Waals surface area contributed by atoms with Gasteiger partial charge in [0, 0.05) is 11.5 Å². The first kappa shape index (κ1) is 13.2. The molecule has 21 heavy (non-hydrogen) atoms. The summed E-state index contributed by atoms with van der Waals surface area (Å²) in [5.41, 5.74) is 0.646. The SMILES string of the molecule is COC(=O)c1cc(C(=O)OC)c2cc3c(cc2n1)OCO3. The number of pyridine rings is 1. The van der Waals surface area contributed by atoms with Gasteiger partial charge in [0.15, 0.2) is 11.5 Å². The van der Waals surface area contributed by atoms with Gasteiger partial charge in [-0.25, -0.2) is 14.6 Å². The Labute approximate surface area is 119 Å². The highest BCUT2D eigenvalue weighted by Crippen LogP contribution is 2.36. The Hall–Kier alpha value is -2.83. The van der Waals surface area contributed by atoms with E-state index in [2.05, 4.69) is 9.72 Å². The maximum atomic E-state index is 11.9. The van der Waals surface area contributed by atoms with Gasteiger partial charge in [0.05, 0.1) is 25.3 Å². The number of hydrogen-bond donors (Lipinski definition) is 0. The van der Waals surface area contributed by atoms with Crippen LogP contribution in [-0.4, -0.2) is 37.9 Å². The zero-order chi connectivity index (χ0) is 15.0. The van der Waals surface area contributed by atoms with Crippen molar-refractivity contribution in [1.82, 2.24) is 4.98 Å². The van der Waals surface area contributed by atoms with E-state index in [1.807, 2.05) is 0 Å². The predicted octanol–water partition coefficient (Wildman–Crippen LogP) is 1.54. The summed E-state index contributed by atoms with van der Waals surface area (Å²) in [6.07, 6.45) is 0. The van der Waals surface area contributed by atoms with E-state index >= 15 is 0 Å². The molecule has 1 aromatic carbocycles. The highest BCUT2D eigenvalue weighted by molar-refractivity contribution is 6.06. The first-order valence-electron chi connectivity index (χ1n) is 6.05. The Morgan fingerprint density at radius 2 is 1.71 bits per heavy atom. The summed E-state index contributed by atoms with van der Waals surface area (Å²) in [4.78, 5) is 27.8. The molecule has 1 aromatic heterocycles. The number of hydrogen-bond acceptors (Lipinski definition) is 7. The minimum atomic E-state index is -0.639. The van der Waals surface area contributed by atoms with E-state index in [9.17, 15) is 9.59 Å². The van der Waals surface area contributed by atoms with Crippen LogP contribution in [-0.2, 0) is 9.47 Å². The van der Waals surface area contributed by atoms with Crippen LogP contribution in [0.1, 0.15) is 20.8 Å². The van der Waals surface area contributed by atoms with E-state index in [0.29, 0.717) is 22.4 Å². The second-order valence-electron chi connectivity index (χ2n) is 4.26. The number of nitrogens with zero attached hydrogens (tertiary/aromatic N) is 1. The summed E-state index contributed by atoms with van der Waals surface area (Å²) in [6, 6.07) is 4.58. The van der Waals surface area contributed by atoms with Crippen molar-refractivity contribution in [2.75, 3.05) is 21.0 Å². The molecule has 0 aliphatic carbocycles.